The van der Waals surface area contributed by atoms with Crippen LogP contribution in [0.15, 0.2) is 24.3 Å². The van der Waals surface area contributed by atoms with E-state index < -0.39 is 0 Å². The van der Waals surface area contributed by atoms with E-state index >= 15 is 0 Å². The molecule has 1 rings (SSSR count). The maximum absolute atomic E-state index is 5.63. The number of ether oxygens (including phenoxy) is 3. The molecule has 0 heterocycles. The van der Waals surface area contributed by atoms with E-state index in [4.69, 9.17) is 19.9 Å². The fraction of sp³-hybridized carbons (Fsp3) is 0.625. The fourth-order valence-electron chi connectivity index (χ4n) is 1.69. The van der Waals surface area contributed by atoms with Gasteiger partial charge >= 0.3 is 0 Å². The first-order valence-corrected chi connectivity index (χ1v) is 7.65. The van der Waals surface area contributed by atoms with Crippen LogP contribution in [0.4, 0.5) is 11.4 Å². The van der Waals surface area contributed by atoms with Gasteiger partial charge in [-0.15, -0.1) is 0 Å². The molecule has 21 heavy (non-hydrogen) atoms. The summed E-state index contributed by atoms with van der Waals surface area (Å²) < 4.78 is 16.2. The SMILES string of the molecule is CCCOCCOCCOCCCNc1ccc(N)cc1. The molecule has 0 saturated carbocycles. The van der Waals surface area contributed by atoms with Crippen LogP contribution in [-0.4, -0.2) is 46.2 Å². The Morgan fingerprint density at radius 3 is 2.05 bits per heavy atom. The molecule has 0 bridgehead atoms. The van der Waals surface area contributed by atoms with Crippen LogP contribution in [0.2, 0.25) is 0 Å². The van der Waals surface area contributed by atoms with Crippen molar-refractivity contribution in [3.63, 3.8) is 0 Å². The molecule has 0 aromatic heterocycles. The molecule has 0 spiro atoms. The summed E-state index contributed by atoms with van der Waals surface area (Å²) in [4.78, 5) is 0. The minimum atomic E-state index is 0.626. The third-order valence-corrected chi connectivity index (χ3v) is 2.80. The summed E-state index contributed by atoms with van der Waals surface area (Å²) >= 11 is 0. The summed E-state index contributed by atoms with van der Waals surface area (Å²) in [5, 5.41) is 3.32. The average molecular weight is 296 g/mol. The number of hydrogen-bond acceptors (Lipinski definition) is 5. The van der Waals surface area contributed by atoms with Crippen LogP contribution >= 0.6 is 0 Å². The first-order valence-electron chi connectivity index (χ1n) is 7.65. The molecule has 0 aliphatic rings. The average Bonchev–Trinajstić information content (AvgIpc) is 2.50. The number of rotatable bonds is 13. The molecule has 5 heteroatoms. The Labute approximate surface area is 127 Å². The second-order valence-electron chi connectivity index (χ2n) is 4.74. The molecule has 0 fully saturated rings. The molecule has 3 N–H and O–H groups in total. The highest BCUT2D eigenvalue weighted by atomic mass is 16.5. The van der Waals surface area contributed by atoms with E-state index in [-0.39, 0.29) is 0 Å². The van der Waals surface area contributed by atoms with Crippen LogP contribution in [0.1, 0.15) is 19.8 Å². The summed E-state index contributed by atoms with van der Waals surface area (Å²) in [6.45, 7) is 7.09. The predicted molar refractivity (Wildman–Crippen MR) is 86.7 cm³/mol. The zero-order valence-electron chi connectivity index (χ0n) is 13.0. The van der Waals surface area contributed by atoms with E-state index in [1.54, 1.807) is 0 Å². The zero-order chi connectivity index (χ0) is 15.2. The lowest BCUT2D eigenvalue weighted by Gasteiger charge is -2.08. The summed E-state index contributed by atoms with van der Waals surface area (Å²) in [6.07, 6.45) is 2.01. The van der Waals surface area contributed by atoms with Crippen molar-refractivity contribution in [1.82, 2.24) is 0 Å². The van der Waals surface area contributed by atoms with Gasteiger partial charge in [0.15, 0.2) is 0 Å². The van der Waals surface area contributed by atoms with Crippen molar-refractivity contribution in [3.8, 4) is 0 Å². The van der Waals surface area contributed by atoms with Gasteiger partial charge < -0.3 is 25.3 Å². The lowest BCUT2D eigenvalue weighted by Crippen LogP contribution is -2.11. The lowest BCUT2D eigenvalue weighted by molar-refractivity contribution is 0.0146. The highest BCUT2D eigenvalue weighted by Gasteiger charge is 1.93. The number of nitrogen functional groups attached to an aromatic ring is 1. The molecule has 5 nitrogen and oxygen atoms in total. The second kappa shape index (κ2) is 12.4. The van der Waals surface area contributed by atoms with Crippen LogP contribution < -0.4 is 11.1 Å². The third-order valence-electron chi connectivity index (χ3n) is 2.80. The van der Waals surface area contributed by atoms with Crippen molar-refractivity contribution in [2.45, 2.75) is 19.8 Å². The van der Waals surface area contributed by atoms with Crippen molar-refractivity contribution in [2.75, 3.05) is 57.2 Å². The highest BCUT2D eigenvalue weighted by Crippen LogP contribution is 2.09. The Kier molecular flexibility index (Phi) is 10.5. The molecule has 0 saturated heterocycles. The van der Waals surface area contributed by atoms with Crippen molar-refractivity contribution in [3.05, 3.63) is 24.3 Å². The lowest BCUT2D eigenvalue weighted by atomic mass is 10.3. The van der Waals surface area contributed by atoms with E-state index in [1.807, 2.05) is 24.3 Å². The number of nitrogens with two attached hydrogens (primary N) is 1. The van der Waals surface area contributed by atoms with Crippen LogP contribution in [0.25, 0.3) is 0 Å². The van der Waals surface area contributed by atoms with Crippen LogP contribution in [-0.2, 0) is 14.2 Å². The molecule has 120 valence electrons. The standard InChI is InChI=1S/C16H28N2O3/c1-2-9-19-11-13-21-14-12-20-10-3-8-18-16-6-4-15(17)5-7-16/h4-7,18H,2-3,8-14,17H2,1H3. The van der Waals surface area contributed by atoms with Gasteiger partial charge in [-0.3, -0.25) is 0 Å². The Morgan fingerprint density at radius 2 is 1.43 bits per heavy atom. The molecule has 0 atom stereocenters. The van der Waals surface area contributed by atoms with E-state index in [2.05, 4.69) is 12.2 Å². The molecule has 0 radical (unpaired) electrons. The fourth-order valence-corrected chi connectivity index (χ4v) is 1.69. The largest absolute Gasteiger partial charge is 0.399 e. The van der Waals surface area contributed by atoms with E-state index in [0.717, 1.165) is 44.0 Å². The van der Waals surface area contributed by atoms with Crippen molar-refractivity contribution in [1.29, 1.82) is 0 Å². The number of benzene rings is 1. The van der Waals surface area contributed by atoms with Gasteiger partial charge in [-0.1, -0.05) is 6.92 Å². The maximum Gasteiger partial charge on any atom is 0.0701 e. The van der Waals surface area contributed by atoms with Gasteiger partial charge in [-0.25, -0.2) is 0 Å². The smallest absolute Gasteiger partial charge is 0.0701 e. The molecule has 1 aromatic carbocycles. The predicted octanol–water partition coefficient (Wildman–Crippen LogP) is 2.53. The van der Waals surface area contributed by atoms with Gasteiger partial charge in [0.2, 0.25) is 0 Å². The Balaban J connectivity index is 1.81. The van der Waals surface area contributed by atoms with Gasteiger partial charge in [-0.2, -0.15) is 0 Å². The first kappa shape index (κ1) is 17.8. The molecule has 0 aliphatic heterocycles. The van der Waals surface area contributed by atoms with Crippen molar-refractivity contribution >= 4 is 11.4 Å². The quantitative estimate of drug-likeness (QED) is 0.432. The maximum atomic E-state index is 5.63. The van der Waals surface area contributed by atoms with Crippen LogP contribution in [0.5, 0.6) is 0 Å². The topological polar surface area (TPSA) is 65.7 Å². The molecule has 0 aliphatic carbocycles. The minimum absolute atomic E-state index is 0.626. The van der Waals surface area contributed by atoms with E-state index in [0.29, 0.717) is 26.4 Å². The van der Waals surface area contributed by atoms with Crippen LogP contribution in [0.3, 0.4) is 0 Å². The Morgan fingerprint density at radius 1 is 0.857 bits per heavy atom. The number of nitrogens with one attached hydrogen (secondary N) is 1. The van der Waals surface area contributed by atoms with Gasteiger partial charge in [0, 0.05) is 31.1 Å². The van der Waals surface area contributed by atoms with Gasteiger partial charge in [0.25, 0.3) is 0 Å². The van der Waals surface area contributed by atoms with E-state index in [9.17, 15) is 0 Å². The highest BCUT2D eigenvalue weighted by molar-refractivity contribution is 5.51. The van der Waals surface area contributed by atoms with Gasteiger partial charge in [0.05, 0.1) is 26.4 Å². The summed E-state index contributed by atoms with van der Waals surface area (Å²) in [5.74, 6) is 0. The van der Waals surface area contributed by atoms with Crippen molar-refractivity contribution < 1.29 is 14.2 Å². The summed E-state index contributed by atoms with van der Waals surface area (Å²) in [5.41, 5.74) is 7.49. The van der Waals surface area contributed by atoms with Gasteiger partial charge in [-0.05, 0) is 37.1 Å². The number of hydrogen-bond donors (Lipinski definition) is 2. The normalized spacial score (nSPS) is 10.7. The molecule has 1 aromatic rings. The third kappa shape index (κ3) is 10.1. The first-order chi connectivity index (χ1) is 10.3. The molecule has 0 unspecified atom stereocenters. The monoisotopic (exact) mass is 296 g/mol. The molecule has 0 amide bonds. The van der Waals surface area contributed by atoms with Crippen LogP contribution in [0, 0.1) is 0 Å². The number of anilines is 2. The molecular formula is C16H28N2O3. The van der Waals surface area contributed by atoms with Gasteiger partial charge in [0.1, 0.15) is 0 Å². The Bertz CT molecular complexity index is 344. The van der Waals surface area contributed by atoms with Crippen molar-refractivity contribution in [2.24, 2.45) is 0 Å². The van der Waals surface area contributed by atoms with E-state index in [1.165, 1.54) is 0 Å². The Hall–Kier alpha value is -1.30. The summed E-state index contributed by atoms with van der Waals surface area (Å²) in [7, 11) is 0. The summed E-state index contributed by atoms with van der Waals surface area (Å²) in [6, 6.07) is 7.73. The second-order valence-corrected chi connectivity index (χ2v) is 4.74. The molecular weight excluding hydrogens is 268 g/mol. The minimum Gasteiger partial charge on any atom is -0.399 e. The zero-order valence-corrected chi connectivity index (χ0v) is 13.0.